The lowest BCUT2D eigenvalue weighted by Gasteiger charge is -2.24. The minimum Gasteiger partial charge on any atom is -1.00 e. The van der Waals surface area contributed by atoms with Crippen LogP contribution in [0, 0.1) is 0 Å². The Bertz CT molecular complexity index is 660. The number of aliphatic hydroxyl groups is 1. The first-order valence-corrected chi connectivity index (χ1v) is 8.22. The zero-order valence-corrected chi connectivity index (χ0v) is 16.2. The van der Waals surface area contributed by atoms with Crippen LogP contribution in [0.5, 0.6) is 11.5 Å². The molecule has 2 N–H and O–H groups in total. The minimum atomic E-state index is -0.365. The van der Waals surface area contributed by atoms with Gasteiger partial charge < -0.3 is 32.3 Å². The van der Waals surface area contributed by atoms with Gasteiger partial charge in [-0.05, 0) is 37.6 Å². The molecule has 0 aliphatic rings. The van der Waals surface area contributed by atoms with Gasteiger partial charge in [-0.3, -0.25) is 0 Å². The quantitative estimate of drug-likeness (QED) is 0.706. The van der Waals surface area contributed by atoms with E-state index in [2.05, 4.69) is 5.32 Å². The van der Waals surface area contributed by atoms with Crippen LogP contribution in [0.25, 0.3) is 0 Å². The highest BCUT2D eigenvalue weighted by Gasteiger charge is 2.17. The molecule has 0 spiro atoms. The van der Waals surface area contributed by atoms with Crippen molar-refractivity contribution in [2.45, 2.75) is 32.5 Å². The number of para-hydroxylation sites is 1. The minimum absolute atomic E-state index is 0. The molecule has 0 aromatic heterocycles. The average molecular weight is 385 g/mol. The average Bonchev–Trinajstić information content (AvgIpc) is 2.59. The number of aliphatic hydroxyl groups excluding tert-OH is 1. The summed E-state index contributed by atoms with van der Waals surface area (Å²) in [7, 11) is 1.62. The van der Waals surface area contributed by atoms with Crippen molar-refractivity contribution in [3.8, 4) is 11.5 Å². The van der Waals surface area contributed by atoms with E-state index in [-0.39, 0.29) is 24.6 Å². The lowest BCUT2D eigenvalue weighted by molar-refractivity contribution is -0.00000641. The van der Waals surface area contributed by atoms with Gasteiger partial charge in [0.25, 0.3) is 0 Å². The Morgan fingerprint density at radius 3 is 2.40 bits per heavy atom. The third kappa shape index (κ3) is 6.40. The van der Waals surface area contributed by atoms with Crippen LogP contribution in [0.4, 0.5) is 0 Å². The summed E-state index contributed by atoms with van der Waals surface area (Å²) in [6.45, 7) is 4.94. The Balaban J connectivity index is 0.00000312. The van der Waals surface area contributed by atoms with Gasteiger partial charge in [-0.25, -0.2) is 0 Å². The van der Waals surface area contributed by atoms with E-state index in [9.17, 15) is 5.11 Å². The van der Waals surface area contributed by atoms with Gasteiger partial charge in [0.1, 0.15) is 6.61 Å². The Kier molecular flexibility index (Phi) is 8.53. The van der Waals surface area contributed by atoms with Crippen LogP contribution in [0.15, 0.2) is 42.5 Å². The van der Waals surface area contributed by atoms with Gasteiger partial charge >= 0.3 is 0 Å². The van der Waals surface area contributed by atoms with Gasteiger partial charge in [0.05, 0.1) is 13.7 Å². The van der Waals surface area contributed by atoms with Crippen molar-refractivity contribution in [1.29, 1.82) is 0 Å². The molecule has 0 bridgehead atoms. The molecule has 2 rings (SSSR count). The van der Waals surface area contributed by atoms with Crippen LogP contribution in [0.3, 0.4) is 0 Å². The van der Waals surface area contributed by atoms with Gasteiger partial charge in [-0.2, -0.15) is 0 Å². The van der Waals surface area contributed by atoms with E-state index in [1.807, 2.05) is 56.3 Å². The topological polar surface area (TPSA) is 50.7 Å². The van der Waals surface area contributed by atoms with Gasteiger partial charge in [0, 0.05) is 22.7 Å². The van der Waals surface area contributed by atoms with Crippen molar-refractivity contribution in [2.24, 2.45) is 0 Å². The predicted octanol–water partition coefficient (Wildman–Crippen LogP) is 0.792. The zero-order chi connectivity index (χ0) is 17.6. The highest BCUT2D eigenvalue weighted by molar-refractivity contribution is 6.30. The van der Waals surface area contributed by atoms with Crippen molar-refractivity contribution >= 4 is 11.6 Å². The Morgan fingerprint density at radius 1 is 1.12 bits per heavy atom. The molecule has 4 nitrogen and oxygen atoms in total. The molecule has 0 unspecified atom stereocenters. The monoisotopic (exact) mass is 384 g/mol. The largest absolute Gasteiger partial charge is 1.00 e. The first-order chi connectivity index (χ1) is 11.4. The summed E-state index contributed by atoms with van der Waals surface area (Å²) < 4.78 is 11.4. The van der Waals surface area contributed by atoms with E-state index < -0.39 is 0 Å². The van der Waals surface area contributed by atoms with E-state index in [0.717, 1.165) is 11.1 Å². The number of benzene rings is 2. The standard InChI is InChI=1S/C19H24ClNO3.ClH/c1-19(2,13-22)21-11-15-5-4-6-17(23-3)18(15)24-12-14-7-9-16(20)10-8-14;/h4-10,21-22H,11-13H2,1-3H3;1H/p-1. The Hall–Kier alpha value is -1.46. The summed E-state index contributed by atoms with van der Waals surface area (Å²) in [6, 6.07) is 13.3. The lowest BCUT2D eigenvalue weighted by Crippen LogP contribution is -3.00. The number of rotatable bonds is 8. The van der Waals surface area contributed by atoms with Gasteiger partial charge in [0.2, 0.25) is 0 Å². The molecule has 0 aliphatic heterocycles. The molecule has 0 fully saturated rings. The zero-order valence-electron chi connectivity index (χ0n) is 14.7. The van der Waals surface area contributed by atoms with E-state index in [4.69, 9.17) is 21.1 Å². The fourth-order valence-electron chi connectivity index (χ4n) is 2.15. The van der Waals surface area contributed by atoms with Gasteiger partial charge in [0.15, 0.2) is 11.5 Å². The summed E-state index contributed by atoms with van der Waals surface area (Å²) in [5.41, 5.74) is 1.64. The van der Waals surface area contributed by atoms with E-state index in [1.165, 1.54) is 0 Å². The van der Waals surface area contributed by atoms with Crippen molar-refractivity contribution in [3.05, 3.63) is 58.6 Å². The number of ether oxygens (including phenoxy) is 2. The SMILES string of the molecule is COc1cccc(CNC(C)(C)CO)c1OCc1ccc(Cl)cc1.[Cl-]. The number of nitrogens with one attached hydrogen (secondary N) is 1. The molecule has 0 atom stereocenters. The van der Waals surface area contributed by atoms with Crippen molar-refractivity contribution in [3.63, 3.8) is 0 Å². The summed E-state index contributed by atoms with van der Waals surface area (Å²) in [5.74, 6) is 1.39. The summed E-state index contributed by atoms with van der Waals surface area (Å²) in [4.78, 5) is 0. The maximum atomic E-state index is 9.39. The predicted molar refractivity (Wildman–Crippen MR) is 96.8 cm³/mol. The molecule has 0 saturated heterocycles. The second-order valence-electron chi connectivity index (χ2n) is 6.26. The molecule has 138 valence electrons. The van der Waals surface area contributed by atoms with Gasteiger partial charge in [-0.1, -0.05) is 35.9 Å². The third-order valence-corrected chi connectivity index (χ3v) is 3.98. The molecule has 0 amide bonds. The smallest absolute Gasteiger partial charge is 0.166 e. The van der Waals surface area contributed by atoms with Crippen LogP contribution < -0.4 is 27.2 Å². The van der Waals surface area contributed by atoms with Crippen LogP contribution in [-0.2, 0) is 13.2 Å². The van der Waals surface area contributed by atoms with E-state index >= 15 is 0 Å². The number of hydrogen-bond acceptors (Lipinski definition) is 4. The van der Waals surface area contributed by atoms with Crippen LogP contribution in [0.2, 0.25) is 5.02 Å². The molecule has 0 heterocycles. The molecule has 0 saturated carbocycles. The summed E-state index contributed by atoms with van der Waals surface area (Å²) in [5, 5.41) is 13.4. The molecule has 0 aliphatic carbocycles. The van der Waals surface area contributed by atoms with Crippen LogP contribution in [-0.4, -0.2) is 24.4 Å². The Morgan fingerprint density at radius 2 is 1.80 bits per heavy atom. The number of methoxy groups -OCH3 is 1. The fraction of sp³-hybridized carbons (Fsp3) is 0.368. The molecular weight excluding hydrogens is 361 g/mol. The second kappa shape index (κ2) is 9.88. The normalized spacial score (nSPS) is 10.9. The van der Waals surface area contributed by atoms with Gasteiger partial charge in [-0.15, -0.1) is 0 Å². The second-order valence-corrected chi connectivity index (χ2v) is 6.70. The van der Waals surface area contributed by atoms with Crippen molar-refractivity contribution in [1.82, 2.24) is 5.32 Å². The number of halogens is 2. The van der Waals surface area contributed by atoms with E-state index in [0.29, 0.717) is 29.7 Å². The van der Waals surface area contributed by atoms with Crippen molar-refractivity contribution < 1.29 is 27.0 Å². The molecule has 25 heavy (non-hydrogen) atoms. The van der Waals surface area contributed by atoms with Crippen molar-refractivity contribution in [2.75, 3.05) is 13.7 Å². The highest BCUT2D eigenvalue weighted by atomic mass is 35.5. The highest BCUT2D eigenvalue weighted by Crippen LogP contribution is 2.32. The molecule has 0 radical (unpaired) electrons. The van der Waals surface area contributed by atoms with E-state index in [1.54, 1.807) is 7.11 Å². The lowest BCUT2D eigenvalue weighted by atomic mass is 10.1. The molecule has 2 aromatic rings. The maximum absolute atomic E-state index is 9.39. The fourth-order valence-corrected chi connectivity index (χ4v) is 2.28. The molecule has 2 aromatic carbocycles. The third-order valence-electron chi connectivity index (χ3n) is 3.73. The first kappa shape index (κ1) is 21.6. The first-order valence-electron chi connectivity index (χ1n) is 7.84. The Labute approximate surface area is 160 Å². The van der Waals surface area contributed by atoms with Crippen LogP contribution >= 0.6 is 11.6 Å². The van der Waals surface area contributed by atoms with Crippen LogP contribution in [0.1, 0.15) is 25.0 Å². The number of hydrogen-bond donors (Lipinski definition) is 2. The molecular formula is C19H24Cl2NO3-. The molecule has 6 heteroatoms. The summed E-state index contributed by atoms with van der Waals surface area (Å²) in [6.07, 6.45) is 0. The maximum Gasteiger partial charge on any atom is 0.166 e. The summed E-state index contributed by atoms with van der Waals surface area (Å²) >= 11 is 5.91.